The second kappa shape index (κ2) is 7.99. The van der Waals surface area contributed by atoms with Crippen molar-refractivity contribution in [1.82, 2.24) is 20.8 Å². The summed E-state index contributed by atoms with van der Waals surface area (Å²) in [5.41, 5.74) is 0.483. The molecule has 1 unspecified atom stereocenters. The molecule has 1 aromatic heterocycles. The Morgan fingerprint density at radius 3 is 2.92 bits per heavy atom. The summed E-state index contributed by atoms with van der Waals surface area (Å²) in [7, 11) is 1.54. The molecular weight excluding hydrogens is 336 g/mol. The van der Waals surface area contributed by atoms with Gasteiger partial charge in [0.2, 0.25) is 11.8 Å². The van der Waals surface area contributed by atoms with Gasteiger partial charge in [0.1, 0.15) is 11.8 Å². The molecule has 2 N–H and O–H groups in total. The first kappa shape index (κ1) is 17.9. The van der Waals surface area contributed by atoms with Crippen LogP contribution in [0, 0.1) is 0 Å². The van der Waals surface area contributed by atoms with Crippen molar-refractivity contribution in [2.24, 2.45) is 0 Å². The third kappa shape index (κ3) is 4.59. The van der Waals surface area contributed by atoms with Crippen LogP contribution in [-0.2, 0) is 4.79 Å². The van der Waals surface area contributed by atoms with Crippen molar-refractivity contribution in [3.8, 4) is 5.75 Å². The summed E-state index contributed by atoms with van der Waals surface area (Å²) < 4.78 is 10.3. The molecule has 1 aromatic carbocycles. The minimum atomic E-state index is -0.364. The molecular formula is C18H22N4O4. The van der Waals surface area contributed by atoms with Gasteiger partial charge >= 0.3 is 0 Å². The number of benzene rings is 1. The summed E-state index contributed by atoms with van der Waals surface area (Å²) >= 11 is 0. The van der Waals surface area contributed by atoms with Crippen molar-refractivity contribution in [2.45, 2.75) is 38.1 Å². The summed E-state index contributed by atoms with van der Waals surface area (Å²) in [6, 6.07) is 6.47. The van der Waals surface area contributed by atoms with Crippen LogP contribution in [0.1, 0.15) is 60.2 Å². The molecule has 0 aliphatic heterocycles. The van der Waals surface area contributed by atoms with E-state index in [2.05, 4.69) is 20.8 Å². The van der Waals surface area contributed by atoms with Gasteiger partial charge in [-0.1, -0.05) is 11.2 Å². The zero-order valence-electron chi connectivity index (χ0n) is 14.8. The van der Waals surface area contributed by atoms with E-state index < -0.39 is 0 Å². The van der Waals surface area contributed by atoms with Crippen molar-refractivity contribution >= 4 is 11.8 Å². The zero-order valence-corrected chi connectivity index (χ0v) is 14.8. The van der Waals surface area contributed by atoms with Crippen LogP contribution < -0.4 is 15.4 Å². The van der Waals surface area contributed by atoms with E-state index in [1.165, 1.54) is 0 Å². The second-order valence-electron chi connectivity index (χ2n) is 6.29. The lowest BCUT2D eigenvalue weighted by atomic mass is 10.2. The van der Waals surface area contributed by atoms with Crippen LogP contribution in [0.5, 0.6) is 5.75 Å². The number of amides is 2. The van der Waals surface area contributed by atoms with E-state index in [9.17, 15) is 9.59 Å². The molecule has 3 rings (SSSR count). The van der Waals surface area contributed by atoms with Crippen LogP contribution in [-0.4, -0.2) is 35.6 Å². The van der Waals surface area contributed by atoms with Gasteiger partial charge < -0.3 is 19.9 Å². The summed E-state index contributed by atoms with van der Waals surface area (Å²) in [6.45, 7) is 2.02. The molecule has 8 heteroatoms. The molecule has 1 atom stereocenters. The lowest BCUT2D eigenvalue weighted by Crippen LogP contribution is -2.32. The number of nitrogens with zero attached hydrogens (tertiary/aromatic N) is 2. The van der Waals surface area contributed by atoms with Gasteiger partial charge in [0.05, 0.1) is 7.11 Å². The van der Waals surface area contributed by atoms with Gasteiger partial charge in [0.25, 0.3) is 5.91 Å². The third-order valence-corrected chi connectivity index (χ3v) is 4.12. The number of hydrogen-bond acceptors (Lipinski definition) is 6. The molecule has 0 spiro atoms. The number of ether oxygens (including phenoxy) is 1. The number of hydrogen-bond donors (Lipinski definition) is 2. The normalized spacial score (nSPS) is 14.5. The van der Waals surface area contributed by atoms with Crippen LogP contribution >= 0.6 is 0 Å². The number of nitrogens with one attached hydrogen (secondary N) is 2. The van der Waals surface area contributed by atoms with Crippen molar-refractivity contribution in [3.05, 3.63) is 41.5 Å². The molecule has 1 aliphatic carbocycles. The first-order valence-corrected chi connectivity index (χ1v) is 8.62. The van der Waals surface area contributed by atoms with Crippen molar-refractivity contribution in [2.75, 3.05) is 13.7 Å². The van der Waals surface area contributed by atoms with Gasteiger partial charge in [-0.25, -0.2) is 0 Å². The smallest absolute Gasteiger partial charge is 0.251 e. The summed E-state index contributed by atoms with van der Waals surface area (Å²) in [5, 5.41) is 9.44. The van der Waals surface area contributed by atoms with Crippen molar-refractivity contribution in [3.63, 3.8) is 0 Å². The first-order valence-electron chi connectivity index (χ1n) is 8.62. The molecule has 1 saturated carbocycles. The largest absolute Gasteiger partial charge is 0.497 e. The highest BCUT2D eigenvalue weighted by molar-refractivity contribution is 5.94. The highest BCUT2D eigenvalue weighted by Crippen LogP contribution is 2.38. The fourth-order valence-corrected chi connectivity index (χ4v) is 2.46. The standard InChI is InChI=1S/C18H22N4O4/c1-11(18-21-16(22-26-18)12-6-7-12)20-15(23)8-9-19-17(24)13-4-3-5-14(10-13)25-2/h3-5,10-12H,6-9H2,1-2H3,(H,19,24)(H,20,23). The van der Waals surface area contributed by atoms with Crippen LogP contribution in [0.25, 0.3) is 0 Å². The molecule has 0 radical (unpaired) electrons. The van der Waals surface area contributed by atoms with E-state index >= 15 is 0 Å². The van der Waals surface area contributed by atoms with E-state index in [1.807, 2.05) is 0 Å². The quantitative estimate of drug-likeness (QED) is 0.747. The highest BCUT2D eigenvalue weighted by atomic mass is 16.5. The maximum atomic E-state index is 12.1. The summed E-state index contributed by atoms with van der Waals surface area (Å²) in [6.07, 6.45) is 2.34. The van der Waals surface area contributed by atoms with Crippen molar-refractivity contribution < 1.29 is 18.8 Å². The molecule has 1 aliphatic rings. The fourth-order valence-electron chi connectivity index (χ4n) is 2.46. The van der Waals surface area contributed by atoms with E-state index in [4.69, 9.17) is 9.26 Å². The molecule has 0 bridgehead atoms. The lowest BCUT2D eigenvalue weighted by Gasteiger charge is -2.10. The topological polar surface area (TPSA) is 106 Å². The second-order valence-corrected chi connectivity index (χ2v) is 6.29. The Balaban J connectivity index is 1.42. The minimum absolute atomic E-state index is 0.156. The number of methoxy groups -OCH3 is 1. The summed E-state index contributed by atoms with van der Waals surface area (Å²) in [5.74, 6) is 1.68. The Hall–Kier alpha value is -2.90. The number of carbonyl (C=O) groups excluding carboxylic acids is 2. The Labute approximate surface area is 151 Å². The van der Waals surface area contributed by atoms with Gasteiger partial charge in [0, 0.05) is 24.4 Å². The van der Waals surface area contributed by atoms with E-state index in [1.54, 1.807) is 38.3 Å². The molecule has 1 fully saturated rings. The average molecular weight is 358 g/mol. The Morgan fingerprint density at radius 1 is 1.38 bits per heavy atom. The number of aromatic nitrogens is 2. The minimum Gasteiger partial charge on any atom is -0.497 e. The molecule has 8 nitrogen and oxygen atoms in total. The van der Waals surface area contributed by atoms with Crippen LogP contribution in [0.2, 0.25) is 0 Å². The first-order chi connectivity index (χ1) is 12.6. The number of rotatable bonds is 8. The molecule has 1 heterocycles. The molecule has 2 aromatic rings. The maximum absolute atomic E-state index is 12.1. The van der Waals surface area contributed by atoms with Crippen LogP contribution in [0.15, 0.2) is 28.8 Å². The van der Waals surface area contributed by atoms with Gasteiger partial charge in [-0.05, 0) is 38.0 Å². The third-order valence-electron chi connectivity index (χ3n) is 4.12. The van der Waals surface area contributed by atoms with Crippen molar-refractivity contribution in [1.29, 1.82) is 0 Å². The predicted octanol–water partition coefficient (Wildman–Crippen LogP) is 1.95. The van der Waals surface area contributed by atoms with Crippen LogP contribution in [0.4, 0.5) is 0 Å². The van der Waals surface area contributed by atoms with Gasteiger partial charge in [-0.3, -0.25) is 9.59 Å². The van der Waals surface area contributed by atoms with Gasteiger partial charge in [0.15, 0.2) is 5.82 Å². The predicted molar refractivity (Wildman–Crippen MR) is 92.8 cm³/mol. The Morgan fingerprint density at radius 2 is 2.19 bits per heavy atom. The molecule has 26 heavy (non-hydrogen) atoms. The van der Waals surface area contributed by atoms with E-state index in [-0.39, 0.29) is 30.8 Å². The van der Waals surface area contributed by atoms with E-state index in [0.29, 0.717) is 28.9 Å². The monoisotopic (exact) mass is 358 g/mol. The van der Waals surface area contributed by atoms with Gasteiger partial charge in [-0.15, -0.1) is 0 Å². The Kier molecular flexibility index (Phi) is 5.50. The lowest BCUT2D eigenvalue weighted by molar-refractivity contribution is -0.121. The van der Waals surface area contributed by atoms with Crippen LogP contribution in [0.3, 0.4) is 0 Å². The SMILES string of the molecule is COc1cccc(C(=O)NCCC(=O)NC(C)c2nc(C3CC3)no2)c1. The highest BCUT2D eigenvalue weighted by Gasteiger charge is 2.29. The average Bonchev–Trinajstić information content (AvgIpc) is 3.38. The summed E-state index contributed by atoms with van der Waals surface area (Å²) in [4.78, 5) is 28.4. The molecule has 138 valence electrons. The van der Waals surface area contributed by atoms with E-state index in [0.717, 1.165) is 12.8 Å². The zero-order chi connectivity index (χ0) is 18.5. The molecule has 0 saturated heterocycles. The molecule has 2 amide bonds. The maximum Gasteiger partial charge on any atom is 0.251 e. The Bertz CT molecular complexity index is 785. The fraction of sp³-hybridized carbons (Fsp3) is 0.444. The number of carbonyl (C=O) groups is 2. The van der Waals surface area contributed by atoms with Gasteiger partial charge in [-0.2, -0.15) is 4.98 Å².